The van der Waals surface area contributed by atoms with E-state index in [1.165, 1.54) is 25.3 Å². The lowest BCUT2D eigenvalue weighted by Gasteiger charge is -2.20. The Labute approximate surface area is 193 Å². The van der Waals surface area contributed by atoms with E-state index in [1.807, 2.05) is 13.8 Å². The highest BCUT2D eigenvalue weighted by Gasteiger charge is 2.05. The van der Waals surface area contributed by atoms with Gasteiger partial charge in [0, 0.05) is 35.1 Å². The smallest absolute Gasteiger partial charge is 0.207 e. The van der Waals surface area contributed by atoms with Crippen molar-refractivity contribution in [1.82, 2.24) is 10.2 Å². The highest BCUT2D eigenvalue weighted by atomic mass is 35.5. The number of halogens is 2. The molecule has 0 saturated carbocycles. The first-order valence-corrected chi connectivity index (χ1v) is 11.5. The second-order valence-corrected chi connectivity index (χ2v) is 7.05. The fourth-order valence-electron chi connectivity index (χ4n) is 2.45. The van der Waals surface area contributed by atoms with Crippen LogP contribution in [0, 0.1) is 5.82 Å². The van der Waals surface area contributed by atoms with Crippen LogP contribution in [0.5, 0.6) is 0 Å². The van der Waals surface area contributed by atoms with Crippen LogP contribution in [0.1, 0.15) is 66.4 Å². The van der Waals surface area contributed by atoms with Crippen molar-refractivity contribution < 1.29 is 9.18 Å². The summed E-state index contributed by atoms with van der Waals surface area (Å²) in [5.74, 6) is -0.365. The molecule has 0 radical (unpaired) electrons. The zero-order valence-corrected chi connectivity index (χ0v) is 21.0. The largest absolute Gasteiger partial charge is 0.357 e. The van der Waals surface area contributed by atoms with E-state index >= 15 is 0 Å². The van der Waals surface area contributed by atoms with Crippen LogP contribution in [0.3, 0.4) is 0 Å². The van der Waals surface area contributed by atoms with E-state index in [0.29, 0.717) is 16.3 Å². The molecule has 30 heavy (non-hydrogen) atoms. The van der Waals surface area contributed by atoms with Crippen molar-refractivity contribution in [2.75, 3.05) is 26.2 Å². The Bertz CT molecular complexity index is 639. The van der Waals surface area contributed by atoms with Crippen molar-refractivity contribution in [3.8, 4) is 0 Å². The molecule has 7 heteroatoms. The van der Waals surface area contributed by atoms with E-state index in [4.69, 9.17) is 11.6 Å². The SMILES string of the molecule is CC.CC(=N/C(C)=C\S)c1ccc(Cl)cc1F.CCCCN(CCC)CCNC=O. The van der Waals surface area contributed by atoms with Crippen molar-refractivity contribution in [2.45, 2.75) is 60.8 Å². The Kier molecular flexibility index (Phi) is 21.5. The van der Waals surface area contributed by atoms with Gasteiger partial charge < -0.3 is 10.2 Å². The molecule has 0 unspecified atom stereocenters. The summed E-state index contributed by atoms with van der Waals surface area (Å²) in [5.41, 5.74) is 1.78. The van der Waals surface area contributed by atoms with Gasteiger partial charge in [-0.3, -0.25) is 9.79 Å². The molecule has 0 fully saturated rings. The van der Waals surface area contributed by atoms with E-state index in [-0.39, 0.29) is 5.82 Å². The van der Waals surface area contributed by atoms with Crippen LogP contribution in [0.4, 0.5) is 4.39 Å². The topological polar surface area (TPSA) is 44.7 Å². The number of benzene rings is 1. The molecule has 1 aromatic carbocycles. The number of thiol groups is 1. The van der Waals surface area contributed by atoms with Gasteiger partial charge in [0.15, 0.2) is 0 Å². The van der Waals surface area contributed by atoms with Crippen LogP contribution in [0.2, 0.25) is 5.02 Å². The average molecular weight is 460 g/mol. The second-order valence-electron chi connectivity index (χ2n) is 6.36. The summed E-state index contributed by atoms with van der Waals surface area (Å²) < 4.78 is 13.5. The summed E-state index contributed by atoms with van der Waals surface area (Å²) in [6.07, 6.45) is 4.44. The Morgan fingerprint density at radius 3 is 2.37 bits per heavy atom. The Morgan fingerprint density at radius 2 is 1.87 bits per heavy atom. The van der Waals surface area contributed by atoms with Crippen LogP contribution >= 0.6 is 24.2 Å². The van der Waals surface area contributed by atoms with Crippen molar-refractivity contribution in [2.24, 2.45) is 4.99 Å². The molecular weight excluding hydrogens is 421 g/mol. The number of hydrogen-bond donors (Lipinski definition) is 2. The van der Waals surface area contributed by atoms with Gasteiger partial charge in [-0.1, -0.05) is 45.7 Å². The Morgan fingerprint density at radius 1 is 1.20 bits per heavy atom. The predicted molar refractivity (Wildman–Crippen MR) is 133 cm³/mol. The molecule has 172 valence electrons. The number of nitrogens with zero attached hydrogens (tertiary/aromatic N) is 2. The number of amides is 1. The van der Waals surface area contributed by atoms with Gasteiger partial charge in [0.05, 0.1) is 0 Å². The fraction of sp³-hybridized carbons (Fsp3) is 0.565. The summed E-state index contributed by atoms with van der Waals surface area (Å²) >= 11 is 9.61. The summed E-state index contributed by atoms with van der Waals surface area (Å²) in [4.78, 5) is 16.6. The molecule has 4 nitrogen and oxygen atoms in total. The van der Waals surface area contributed by atoms with Crippen molar-refractivity contribution in [3.63, 3.8) is 0 Å². The number of aliphatic imine (C=N–C) groups is 1. The number of nitrogens with one attached hydrogen (secondary N) is 1. The number of carbonyl (C=O) groups is 1. The third-order valence-corrected chi connectivity index (χ3v) is 4.48. The first kappa shape index (κ1) is 30.8. The van der Waals surface area contributed by atoms with Crippen LogP contribution < -0.4 is 5.32 Å². The maximum absolute atomic E-state index is 13.5. The molecule has 0 atom stereocenters. The molecule has 0 spiro atoms. The van der Waals surface area contributed by atoms with E-state index in [0.717, 1.165) is 38.3 Å². The second kappa shape index (κ2) is 20.9. The Hall–Kier alpha value is -1.37. The van der Waals surface area contributed by atoms with Crippen molar-refractivity contribution in [3.05, 3.63) is 45.7 Å². The van der Waals surface area contributed by atoms with E-state index in [9.17, 15) is 9.18 Å². The average Bonchev–Trinajstić information content (AvgIpc) is 2.73. The molecule has 0 aromatic heterocycles. The van der Waals surface area contributed by atoms with Gasteiger partial charge in [-0.05, 0) is 63.4 Å². The molecular formula is C23H39ClFN3OS. The first-order chi connectivity index (χ1) is 14.4. The van der Waals surface area contributed by atoms with Crippen LogP contribution in [-0.2, 0) is 4.79 Å². The lowest BCUT2D eigenvalue weighted by atomic mass is 10.1. The fourth-order valence-corrected chi connectivity index (χ4v) is 2.67. The third kappa shape index (κ3) is 15.5. The number of carbonyl (C=O) groups excluding carboxylic acids is 1. The lowest BCUT2D eigenvalue weighted by molar-refractivity contribution is -0.109. The molecule has 0 heterocycles. The minimum Gasteiger partial charge on any atom is -0.357 e. The monoisotopic (exact) mass is 459 g/mol. The quantitative estimate of drug-likeness (QED) is 0.175. The minimum atomic E-state index is -0.365. The van der Waals surface area contributed by atoms with E-state index < -0.39 is 0 Å². The molecule has 1 rings (SSSR count). The highest BCUT2D eigenvalue weighted by molar-refractivity contribution is 7.83. The highest BCUT2D eigenvalue weighted by Crippen LogP contribution is 2.16. The van der Waals surface area contributed by atoms with Gasteiger partial charge in [0.1, 0.15) is 5.82 Å². The number of hydrogen-bond acceptors (Lipinski definition) is 4. The predicted octanol–water partition coefficient (Wildman–Crippen LogP) is 6.35. The molecule has 1 amide bonds. The summed E-state index contributed by atoms with van der Waals surface area (Å²) in [5, 5.41) is 4.64. The van der Waals surface area contributed by atoms with Gasteiger partial charge in [0.25, 0.3) is 0 Å². The summed E-state index contributed by atoms with van der Waals surface area (Å²) in [7, 11) is 0. The van der Waals surface area contributed by atoms with Crippen LogP contribution in [-0.4, -0.2) is 43.2 Å². The van der Waals surface area contributed by atoms with Gasteiger partial charge in [0.2, 0.25) is 6.41 Å². The van der Waals surface area contributed by atoms with E-state index in [1.54, 1.807) is 31.4 Å². The van der Waals surface area contributed by atoms with Gasteiger partial charge >= 0.3 is 0 Å². The van der Waals surface area contributed by atoms with E-state index in [2.05, 4.69) is 41.7 Å². The maximum atomic E-state index is 13.5. The zero-order valence-electron chi connectivity index (χ0n) is 19.3. The molecule has 0 aliphatic carbocycles. The zero-order chi connectivity index (χ0) is 23.4. The van der Waals surface area contributed by atoms with Crippen molar-refractivity contribution >= 4 is 36.4 Å². The molecule has 1 N–H and O–H groups in total. The van der Waals surface area contributed by atoms with Gasteiger partial charge in [-0.2, -0.15) is 0 Å². The molecule has 0 saturated heterocycles. The molecule has 0 bridgehead atoms. The van der Waals surface area contributed by atoms with Crippen LogP contribution in [0.15, 0.2) is 34.3 Å². The minimum absolute atomic E-state index is 0.365. The third-order valence-electron chi connectivity index (χ3n) is 3.88. The van der Waals surface area contributed by atoms with Gasteiger partial charge in [-0.25, -0.2) is 4.39 Å². The first-order valence-electron chi connectivity index (χ1n) is 10.6. The summed E-state index contributed by atoms with van der Waals surface area (Å²) in [6.45, 7) is 16.0. The van der Waals surface area contributed by atoms with Crippen LogP contribution in [0.25, 0.3) is 0 Å². The maximum Gasteiger partial charge on any atom is 0.207 e. The normalized spacial score (nSPS) is 11.3. The van der Waals surface area contributed by atoms with Gasteiger partial charge in [-0.15, -0.1) is 12.6 Å². The molecule has 1 aromatic rings. The Balaban J connectivity index is 0. The number of rotatable bonds is 11. The summed E-state index contributed by atoms with van der Waals surface area (Å²) in [6, 6.07) is 4.52. The lowest BCUT2D eigenvalue weighted by Crippen LogP contribution is -2.33. The number of allylic oxidation sites excluding steroid dienone is 1. The number of unbranched alkanes of at least 4 members (excludes halogenated alkanes) is 1. The molecule has 0 aliphatic heterocycles. The standard InChI is InChI=1S/C11H11ClFNS.C10H22N2O.C2H6/c1-7(6-15)14-8(2)10-4-3-9(12)5-11(10)13;1-3-5-8-12(7-4-2)9-6-11-10-13;1-2/h3-6,15H,1-2H3;10H,3-9H2,1-2H3,(H,11,13);1-2H3/b7-6-,14-8?;;. The molecule has 0 aliphatic rings. The van der Waals surface area contributed by atoms with Crippen molar-refractivity contribution in [1.29, 1.82) is 0 Å².